The number of non-ortho nitro benzene ring substituents is 1. The van der Waals surface area contributed by atoms with Crippen molar-refractivity contribution < 1.29 is 29.2 Å². The number of rotatable bonds is 8. The topological polar surface area (TPSA) is 146 Å². The molecule has 2 heterocycles. The van der Waals surface area contributed by atoms with Crippen LogP contribution in [0.2, 0.25) is 0 Å². The number of H-pyrrole nitrogens is 1. The first kappa shape index (κ1) is 25.6. The van der Waals surface area contributed by atoms with Gasteiger partial charge in [0.05, 0.1) is 23.1 Å². The number of ether oxygens (including phenoxy) is 1. The SMILES string of the molecule is CCOC(=O)c1[nH]c(C)c(/C(O)=C2\C(=O)C(=O)N(CCN(C)C)[C@@H]2c2cccc([N+](=O)[O-])c2)c1C. The van der Waals surface area contributed by atoms with E-state index in [2.05, 4.69) is 4.98 Å². The van der Waals surface area contributed by atoms with E-state index >= 15 is 0 Å². The van der Waals surface area contributed by atoms with E-state index < -0.39 is 34.4 Å². The van der Waals surface area contributed by atoms with Gasteiger partial charge in [0.2, 0.25) is 0 Å². The molecular formula is C24H28N4O7. The number of aryl methyl sites for hydroxylation is 1. The molecule has 2 aromatic rings. The highest BCUT2D eigenvalue weighted by Gasteiger charge is 2.46. The van der Waals surface area contributed by atoms with Crippen LogP contribution in [0.25, 0.3) is 5.76 Å². The molecule has 2 N–H and O–H groups in total. The van der Waals surface area contributed by atoms with Gasteiger partial charge >= 0.3 is 5.97 Å². The molecule has 186 valence electrons. The lowest BCUT2D eigenvalue weighted by Gasteiger charge is -2.26. The van der Waals surface area contributed by atoms with Crippen molar-refractivity contribution in [3.05, 3.63) is 68.0 Å². The summed E-state index contributed by atoms with van der Waals surface area (Å²) in [5.41, 5.74) is 0.995. The van der Waals surface area contributed by atoms with Crippen molar-refractivity contribution in [1.29, 1.82) is 0 Å². The fourth-order valence-corrected chi connectivity index (χ4v) is 4.22. The molecule has 0 saturated carbocycles. The van der Waals surface area contributed by atoms with Crippen LogP contribution in [0, 0.1) is 24.0 Å². The van der Waals surface area contributed by atoms with Crippen LogP contribution in [-0.4, -0.2) is 76.3 Å². The third kappa shape index (κ3) is 4.80. The van der Waals surface area contributed by atoms with Crippen LogP contribution >= 0.6 is 0 Å². The number of aromatic nitrogens is 1. The molecule has 1 aromatic carbocycles. The van der Waals surface area contributed by atoms with Crippen LogP contribution in [0.1, 0.15) is 45.8 Å². The lowest BCUT2D eigenvalue weighted by atomic mass is 9.93. The highest BCUT2D eigenvalue weighted by atomic mass is 16.6. The van der Waals surface area contributed by atoms with Gasteiger partial charge in [-0.25, -0.2) is 4.79 Å². The summed E-state index contributed by atoms with van der Waals surface area (Å²) >= 11 is 0. The number of nitro benzene ring substituents is 1. The van der Waals surface area contributed by atoms with Gasteiger partial charge in [0.1, 0.15) is 11.5 Å². The third-order valence-corrected chi connectivity index (χ3v) is 5.88. The Morgan fingerprint density at radius 2 is 1.97 bits per heavy atom. The highest BCUT2D eigenvalue weighted by molar-refractivity contribution is 6.46. The normalized spacial score (nSPS) is 17.3. The number of aromatic amines is 1. The Balaban J connectivity index is 2.24. The van der Waals surface area contributed by atoms with Gasteiger partial charge in [-0.15, -0.1) is 0 Å². The molecule has 1 fully saturated rings. The Labute approximate surface area is 202 Å². The number of nitro groups is 1. The molecule has 1 aromatic heterocycles. The standard InChI is InChI=1S/C24H28N4O7/c1-6-35-24(32)19-13(2)17(14(3)25-19)21(29)18-20(15-8-7-9-16(12-15)28(33)34)27(11-10-26(4)5)23(31)22(18)30/h7-9,12,20,25,29H,6,10-11H2,1-5H3/b21-18+/t20-/m1/s1. The summed E-state index contributed by atoms with van der Waals surface area (Å²) in [7, 11) is 3.62. The van der Waals surface area contributed by atoms with Gasteiger partial charge in [0.25, 0.3) is 17.4 Å². The largest absolute Gasteiger partial charge is 0.507 e. The minimum Gasteiger partial charge on any atom is -0.507 e. The molecular weight excluding hydrogens is 456 g/mol. The number of carbonyl (C=O) groups is 3. The molecule has 0 bridgehead atoms. The van der Waals surface area contributed by atoms with Crippen molar-refractivity contribution >= 4 is 29.1 Å². The first-order valence-electron chi connectivity index (χ1n) is 11.0. The van der Waals surface area contributed by atoms with Crippen LogP contribution in [-0.2, 0) is 14.3 Å². The number of benzene rings is 1. The van der Waals surface area contributed by atoms with Crippen LogP contribution in [0.3, 0.4) is 0 Å². The maximum Gasteiger partial charge on any atom is 0.355 e. The minimum absolute atomic E-state index is 0.125. The van der Waals surface area contributed by atoms with Gasteiger partial charge < -0.3 is 24.6 Å². The number of nitrogens with one attached hydrogen (secondary N) is 1. The van der Waals surface area contributed by atoms with Crippen LogP contribution in [0.5, 0.6) is 0 Å². The number of hydrogen-bond donors (Lipinski definition) is 2. The summed E-state index contributed by atoms with van der Waals surface area (Å²) < 4.78 is 5.05. The summed E-state index contributed by atoms with van der Waals surface area (Å²) in [6.07, 6.45) is 0. The number of aliphatic hydroxyl groups is 1. The first-order valence-corrected chi connectivity index (χ1v) is 11.0. The Kier molecular flexibility index (Phi) is 7.39. The second-order valence-corrected chi connectivity index (χ2v) is 8.49. The predicted octanol–water partition coefficient (Wildman–Crippen LogP) is 2.70. The van der Waals surface area contributed by atoms with E-state index in [9.17, 15) is 29.6 Å². The van der Waals surface area contributed by atoms with Gasteiger partial charge in [-0.1, -0.05) is 12.1 Å². The second kappa shape index (κ2) is 10.1. The summed E-state index contributed by atoms with van der Waals surface area (Å²) in [6.45, 7) is 5.61. The quantitative estimate of drug-likeness (QED) is 0.145. The lowest BCUT2D eigenvalue weighted by Crippen LogP contribution is -2.35. The summed E-state index contributed by atoms with van der Waals surface area (Å²) in [6, 6.07) is 4.58. The van der Waals surface area contributed by atoms with E-state index in [1.54, 1.807) is 26.8 Å². The van der Waals surface area contributed by atoms with E-state index in [4.69, 9.17) is 4.74 Å². The van der Waals surface area contributed by atoms with Crippen molar-refractivity contribution in [2.75, 3.05) is 33.8 Å². The second-order valence-electron chi connectivity index (χ2n) is 8.49. The number of nitrogens with zero attached hydrogens (tertiary/aromatic N) is 3. The molecule has 3 rings (SSSR count). The zero-order chi connectivity index (χ0) is 26.0. The van der Waals surface area contributed by atoms with Gasteiger partial charge in [-0.05, 0) is 46.0 Å². The van der Waals surface area contributed by atoms with Gasteiger partial charge in [-0.3, -0.25) is 19.7 Å². The fraction of sp³-hybridized carbons (Fsp3) is 0.375. The number of Topliss-reactive ketones (excluding diaryl/α,β-unsaturated/α-hetero) is 1. The summed E-state index contributed by atoms with van der Waals surface area (Å²) in [4.78, 5) is 55.4. The Hall–Kier alpha value is -3.99. The average Bonchev–Trinajstić information content (AvgIpc) is 3.24. The zero-order valence-corrected chi connectivity index (χ0v) is 20.2. The van der Waals surface area contributed by atoms with Gasteiger partial charge in [0, 0.05) is 36.5 Å². The Bertz CT molecular complexity index is 1230. The van der Waals surface area contributed by atoms with Crippen molar-refractivity contribution in [2.24, 2.45) is 0 Å². The van der Waals surface area contributed by atoms with E-state index in [0.717, 1.165) is 0 Å². The zero-order valence-electron chi connectivity index (χ0n) is 20.2. The fourth-order valence-electron chi connectivity index (χ4n) is 4.22. The molecule has 1 atom stereocenters. The third-order valence-electron chi connectivity index (χ3n) is 5.88. The average molecular weight is 485 g/mol. The first-order chi connectivity index (χ1) is 16.5. The summed E-state index contributed by atoms with van der Waals surface area (Å²) in [5.74, 6) is -2.81. The van der Waals surface area contributed by atoms with Crippen molar-refractivity contribution in [3.8, 4) is 0 Å². The van der Waals surface area contributed by atoms with Crippen LogP contribution in [0.15, 0.2) is 29.8 Å². The minimum atomic E-state index is -1.05. The number of likely N-dealkylation sites (tertiary alicyclic amines) is 1. The molecule has 0 unspecified atom stereocenters. The van der Waals surface area contributed by atoms with Crippen molar-refractivity contribution in [2.45, 2.75) is 26.8 Å². The number of likely N-dealkylation sites (N-methyl/N-ethyl adjacent to an activating group) is 1. The van der Waals surface area contributed by atoms with E-state index in [1.807, 2.05) is 19.0 Å². The molecule has 0 aliphatic carbocycles. The number of esters is 1. The molecule has 1 saturated heterocycles. The van der Waals surface area contributed by atoms with Crippen LogP contribution < -0.4 is 0 Å². The lowest BCUT2D eigenvalue weighted by molar-refractivity contribution is -0.384. The van der Waals surface area contributed by atoms with E-state index in [-0.39, 0.29) is 35.7 Å². The van der Waals surface area contributed by atoms with Crippen molar-refractivity contribution in [3.63, 3.8) is 0 Å². The Morgan fingerprint density at radius 1 is 1.29 bits per heavy atom. The van der Waals surface area contributed by atoms with Crippen LogP contribution in [0.4, 0.5) is 5.69 Å². The number of amides is 1. The monoisotopic (exact) mass is 484 g/mol. The van der Waals surface area contributed by atoms with E-state index in [0.29, 0.717) is 23.4 Å². The molecule has 0 spiro atoms. The molecule has 1 aliphatic heterocycles. The Morgan fingerprint density at radius 3 is 2.57 bits per heavy atom. The molecule has 35 heavy (non-hydrogen) atoms. The maximum absolute atomic E-state index is 13.2. The number of hydrogen-bond acceptors (Lipinski definition) is 8. The van der Waals surface area contributed by atoms with Gasteiger partial charge in [0.15, 0.2) is 0 Å². The predicted molar refractivity (Wildman–Crippen MR) is 127 cm³/mol. The molecule has 1 amide bonds. The molecule has 11 heteroatoms. The molecule has 0 radical (unpaired) electrons. The summed E-state index contributed by atoms with van der Waals surface area (Å²) in [5, 5.41) is 22.7. The van der Waals surface area contributed by atoms with Crippen molar-refractivity contribution in [1.82, 2.24) is 14.8 Å². The number of aliphatic hydroxyl groups excluding tert-OH is 1. The highest BCUT2D eigenvalue weighted by Crippen LogP contribution is 2.41. The number of ketones is 1. The molecule has 11 nitrogen and oxygen atoms in total. The maximum atomic E-state index is 13.2. The number of carbonyl (C=O) groups excluding carboxylic acids is 3. The van der Waals surface area contributed by atoms with Gasteiger partial charge in [-0.2, -0.15) is 0 Å². The smallest absolute Gasteiger partial charge is 0.355 e. The van der Waals surface area contributed by atoms with E-state index in [1.165, 1.54) is 23.1 Å². The molecule has 1 aliphatic rings.